The van der Waals surface area contributed by atoms with E-state index in [4.69, 9.17) is 23.0 Å². The van der Waals surface area contributed by atoms with Gasteiger partial charge in [0.2, 0.25) is 47.3 Å². The van der Waals surface area contributed by atoms with E-state index in [1.165, 1.54) is 24.3 Å². The number of phenolic OH excluding ortho intramolecular Hbond substituents is 1. The average molecular weight is 822 g/mol. The van der Waals surface area contributed by atoms with E-state index >= 15 is 0 Å². The molecule has 5 atom stereocenters. The van der Waals surface area contributed by atoms with Gasteiger partial charge in [-0.05, 0) is 43.4 Å². The molecule has 18 N–H and O–H groups in total. The molecule has 0 unspecified atom stereocenters. The van der Waals surface area contributed by atoms with Crippen LogP contribution in [0.25, 0.3) is 0 Å². The molecule has 1 aromatic carbocycles. The quantitative estimate of drug-likeness (QED) is 0.0151. The zero-order chi connectivity index (χ0) is 43.4. The minimum atomic E-state index is -1.79. The van der Waals surface area contributed by atoms with Gasteiger partial charge in [-0.25, -0.2) is 0 Å². The Balaban J connectivity index is 2.08. The number of nitrogens with one attached hydrogen (secondary N) is 7. The van der Waals surface area contributed by atoms with Crippen LogP contribution in [0.3, 0.4) is 0 Å². The van der Waals surface area contributed by atoms with Crippen LogP contribution in [0.5, 0.6) is 5.75 Å². The highest BCUT2D eigenvalue weighted by Gasteiger charge is 2.37. The number of hydrogen-bond acceptors (Lipinski definition) is 14. The van der Waals surface area contributed by atoms with Crippen LogP contribution in [0.15, 0.2) is 29.3 Å². The van der Waals surface area contributed by atoms with Gasteiger partial charge in [0.25, 0.3) is 0 Å². The molecule has 0 radical (unpaired) electrons. The Bertz CT molecular complexity index is 1670. The van der Waals surface area contributed by atoms with E-state index in [-0.39, 0.29) is 57.0 Å². The van der Waals surface area contributed by atoms with Gasteiger partial charge >= 0.3 is 5.97 Å². The van der Waals surface area contributed by atoms with Crippen LogP contribution in [-0.2, 0) is 49.6 Å². The maximum absolute atomic E-state index is 13.2. The predicted octanol–water partition coefficient (Wildman–Crippen LogP) is -7.43. The van der Waals surface area contributed by atoms with Crippen molar-refractivity contribution in [3.63, 3.8) is 0 Å². The molecule has 1 heterocycles. The van der Waals surface area contributed by atoms with Gasteiger partial charge in [0.1, 0.15) is 36.0 Å². The second kappa shape index (κ2) is 24.1. The molecule has 320 valence electrons. The predicted molar refractivity (Wildman–Crippen MR) is 201 cm³/mol. The van der Waals surface area contributed by atoms with Crippen LogP contribution in [0.2, 0.25) is 0 Å². The molecule has 0 aliphatic carbocycles. The number of phenols is 1. The summed E-state index contributed by atoms with van der Waals surface area (Å²) in [6, 6.07) is -1.07. The lowest BCUT2D eigenvalue weighted by Gasteiger charge is -2.28. The fourth-order valence-electron chi connectivity index (χ4n) is 5.63. The van der Waals surface area contributed by atoms with Crippen LogP contribution < -0.4 is 60.4 Å². The number of aliphatic hydroxyl groups excluding tert-OH is 1. The first kappa shape index (κ1) is 47.6. The average Bonchev–Trinajstić information content (AvgIpc) is 3.67. The number of nitrogens with zero attached hydrogens (tertiary/aromatic N) is 2. The second-order valence-corrected chi connectivity index (χ2v) is 12.9. The van der Waals surface area contributed by atoms with Crippen molar-refractivity contribution in [3.05, 3.63) is 29.8 Å². The molecule has 1 saturated heterocycles. The molecule has 0 aromatic heterocycles. The summed E-state index contributed by atoms with van der Waals surface area (Å²) < 4.78 is 0. The number of likely N-dealkylation sites (tertiary alicyclic amines) is 1. The summed E-state index contributed by atoms with van der Waals surface area (Å²) >= 11 is 0. The topological polar surface area (TPSA) is 418 Å². The molecule has 0 saturated carbocycles. The number of hydrogen-bond donors (Lipinski definition) is 14. The number of aromatic hydroxyl groups is 1. The monoisotopic (exact) mass is 821 g/mol. The fraction of sp³-hybridized carbons (Fsp3) is 0.515. The summed E-state index contributed by atoms with van der Waals surface area (Å²) in [4.78, 5) is 118. The Morgan fingerprint density at radius 3 is 1.90 bits per heavy atom. The number of guanidine groups is 1. The third-order valence-corrected chi connectivity index (χ3v) is 8.43. The van der Waals surface area contributed by atoms with E-state index in [0.717, 1.165) is 4.90 Å². The first-order valence-corrected chi connectivity index (χ1v) is 17.9. The van der Waals surface area contributed by atoms with E-state index in [1.807, 2.05) is 0 Å². The maximum atomic E-state index is 13.2. The van der Waals surface area contributed by atoms with Gasteiger partial charge in [0.05, 0.1) is 32.7 Å². The molecule has 58 heavy (non-hydrogen) atoms. The summed E-state index contributed by atoms with van der Waals surface area (Å²) in [7, 11) is 0. The molecule has 25 heteroatoms. The van der Waals surface area contributed by atoms with Crippen molar-refractivity contribution in [2.75, 3.05) is 39.3 Å². The molecule has 0 bridgehead atoms. The van der Waals surface area contributed by atoms with Crippen molar-refractivity contribution < 1.29 is 58.5 Å². The molecule has 1 aliphatic rings. The summed E-state index contributed by atoms with van der Waals surface area (Å²) in [6.45, 7) is -2.59. The number of nitrogens with two attached hydrogens (primary N) is 4. The molecule has 25 nitrogen and oxygen atoms in total. The van der Waals surface area contributed by atoms with E-state index < -0.39 is 110 Å². The highest BCUT2D eigenvalue weighted by molar-refractivity contribution is 5.97. The number of hydrazine groups is 1. The van der Waals surface area contributed by atoms with E-state index in [1.54, 1.807) is 0 Å². The second-order valence-electron chi connectivity index (χ2n) is 12.9. The molecule has 2 rings (SSSR count). The number of aliphatic hydroxyl groups is 1. The normalized spacial score (nSPS) is 15.3. The molecule has 8 amide bonds. The Kier molecular flexibility index (Phi) is 19.8. The van der Waals surface area contributed by atoms with Crippen molar-refractivity contribution in [3.8, 4) is 5.75 Å². The highest BCUT2D eigenvalue weighted by Crippen LogP contribution is 2.18. The Morgan fingerprint density at radius 1 is 0.776 bits per heavy atom. The molecular weight excluding hydrogens is 770 g/mol. The van der Waals surface area contributed by atoms with Gasteiger partial charge in [-0.2, -0.15) is 0 Å². The molecule has 1 fully saturated rings. The van der Waals surface area contributed by atoms with Crippen LogP contribution in [-0.4, -0.2) is 149 Å². The maximum Gasteiger partial charge on any atom is 0.305 e. The number of rotatable bonds is 24. The lowest BCUT2D eigenvalue weighted by molar-refractivity contribution is -0.143. The van der Waals surface area contributed by atoms with Crippen molar-refractivity contribution in [1.82, 2.24) is 42.2 Å². The van der Waals surface area contributed by atoms with Crippen LogP contribution >= 0.6 is 0 Å². The molecule has 0 spiro atoms. The lowest BCUT2D eigenvalue weighted by Crippen LogP contribution is -2.58. The van der Waals surface area contributed by atoms with Crippen molar-refractivity contribution in [2.24, 2.45) is 28.0 Å². The number of carbonyl (C=O) groups is 9. The summed E-state index contributed by atoms with van der Waals surface area (Å²) in [5, 5.41) is 42.6. The number of carboxylic acid groups (broad SMARTS) is 1. The van der Waals surface area contributed by atoms with Gasteiger partial charge in [0.15, 0.2) is 5.96 Å². The summed E-state index contributed by atoms with van der Waals surface area (Å²) in [6.07, 6.45) is -0.230. The zero-order valence-corrected chi connectivity index (χ0v) is 31.4. The first-order chi connectivity index (χ1) is 27.4. The number of aliphatic imine (C=N–C) groups is 1. The zero-order valence-electron chi connectivity index (χ0n) is 31.4. The number of carboxylic acids is 1. The van der Waals surface area contributed by atoms with E-state index in [0.29, 0.717) is 12.0 Å². The minimum Gasteiger partial charge on any atom is -0.508 e. The molecule has 1 aromatic rings. The Hall–Kier alpha value is -6.60. The van der Waals surface area contributed by atoms with Gasteiger partial charge in [-0.15, -0.1) is 0 Å². The third-order valence-electron chi connectivity index (χ3n) is 8.43. The summed E-state index contributed by atoms with van der Waals surface area (Å²) in [5.41, 5.74) is 18.7. The first-order valence-electron chi connectivity index (χ1n) is 17.9. The SMILES string of the molecule is NNCC(=O)N[C@@H](Cc1ccc(O)cc1)C(=O)NCC(=O)N[C@@H](CCCN=C(N)N)C(=O)NCC(=O)N[C@@H](CC(=O)O)C(=O)N[C@@H](CO)C(=O)N1CCC[C@H]1C(N)=O. The van der Waals surface area contributed by atoms with Gasteiger partial charge in [-0.3, -0.25) is 59.4 Å². The van der Waals surface area contributed by atoms with Crippen LogP contribution in [0.1, 0.15) is 37.7 Å². The lowest BCUT2D eigenvalue weighted by atomic mass is 10.0. The fourth-order valence-corrected chi connectivity index (χ4v) is 5.63. The number of primary amides is 1. The van der Waals surface area contributed by atoms with E-state index in [2.05, 4.69) is 42.3 Å². The third kappa shape index (κ3) is 16.6. The summed E-state index contributed by atoms with van der Waals surface area (Å²) in [5.74, 6) is -3.64. The minimum absolute atomic E-state index is 0.0255. The highest BCUT2D eigenvalue weighted by atomic mass is 16.4. The smallest absolute Gasteiger partial charge is 0.305 e. The Labute approximate surface area is 331 Å². The number of benzene rings is 1. The van der Waals surface area contributed by atoms with Gasteiger partial charge in [0, 0.05) is 19.5 Å². The van der Waals surface area contributed by atoms with Crippen molar-refractivity contribution in [2.45, 2.75) is 68.7 Å². The van der Waals surface area contributed by atoms with E-state index in [9.17, 15) is 58.5 Å². The number of aliphatic carboxylic acids is 1. The number of carbonyl (C=O) groups excluding carboxylic acids is 8. The van der Waals surface area contributed by atoms with Gasteiger partial charge < -0.3 is 69.3 Å². The molecule has 1 aliphatic heterocycles. The van der Waals surface area contributed by atoms with Crippen molar-refractivity contribution >= 4 is 59.2 Å². The van der Waals surface area contributed by atoms with Gasteiger partial charge in [-0.1, -0.05) is 12.1 Å². The standard InChI is InChI=1S/C33H51N13O12/c34-28(54)23-4-2-10-46(23)32(58)22(16-47)45-31(57)21(12-27(52)53)44-25(50)14-39-29(55)19(3-1-9-38-33(35)36)42-24(49)13-40-30(56)20(43-26(51)15-41-37)11-17-5-7-18(48)8-6-17/h5-8,19-23,41,47-48H,1-4,9-16,37H2,(H2,34,54)(H,39,55)(H,40,56)(H,42,49)(H,43,51)(H,44,50)(H,45,57)(H,52,53)(H4,35,36,38)/t19-,20-,21-,22-,23-/m0/s1. The molecular formula is C33H51N13O12. The van der Waals surface area contributed by atoms with Crippen molar-refractivity contribution in [1.29, 1.82) is 0 Å². The Morgan fingerprint density at radius 2 is 1.34 bits per heavy atom. The van der Waals surface area contributed by atoms with Crippen LogP contribution in [0, 0.1) is 0 Å². The van der Waals surface area contributed by atoms with Crippen LogP contribution in [0.4, 0.5) is 0 Å². The number of amides is 8. The largest absolute Gasteiger partial charge is 0.508 e.